The van der Waals surface area contributed by atoms with E-state index in [0.717, 1.165) is 39.0 Å². The van der Waals surface area contributed by atoms with Gasteiger partial charge in [-0.25, -0.2) is 0 Å². The van der Waals surface area contributed by atoms with Gasteiger partial charge in [-0.2, -0.15) is 0 Å². The molecule has 2 unspecified atom stereocenters. The number of hydrogen-bond acceptors (Lipinski definition) is 3. The molecule has 2 aromatic carbocycles. The van der Waals surface area contributed by atoms with E-state index in [-0.39, 0.29) is 12.1 Å². The molecule has 1 aliphatic heterocycles. The van der Waals surface area contributed by atoms with Crippen LogP contribution in [-0.4, -0.2) is 66.7 Å². The third-order valence-corrected chi connectivity index (χ3v) is 25.5. The molecule has 2 atom stereocenters. The van der Waals surface area contributed by atoms with Crippen LogP contribution in [0.1, 0.15) is 81.5 Å². The summed E-state index contributed by atoms with van der Waals surface area (Å²) in [6, 6.07) is 14.3. The van der Waals surface area contributed by atoms with Crippen molar-refractivity contribution in [2.24, 2.45) is 0 Å². The van der Waals surface area contributed by atoms with Crippen molar-refractivity contribution in [1.29, 1.82) is 0 Å². The van der Waals surface area contributed by atoms with E-state index in [1.54, 1.807) is 5.56 Å². The molecule has 4 heteroatoms. The number of hydrogen-bond donors (Lipinski definition) is 1. The Bertz CT molecular complexity index is 1010. The quantitative estimate of drug-likeness (QED) is 0.257. The molecule has 1 heterocycles. The summed E-state index contributed by atoms with van der Waals surface area (Å²) in [7, 11) is 0. The first kappa shape index (κ1) is 29.9. The number of fused-ring (bicyclic) bond motifs is 1. The Labute approximate surface area is 237 Å². The van der Waals surface area contributed by atoms with Crippen LogP contribution in [0.5, 0.6) is 0 Å². The van der Waals surface area contributed by atoms with Gasteiger partial charge < -0.3 is 0 Å². The Morgan fingerprint density at radius 2 is 1.45 bits per heavy atom. The summed E-state index contributed by atoms with van der Waals surface area (Å²) in [5.41, 5.74) is 7.24. The Hall–Kier alpha value is -1.04. The number of unbranched alkanes of at least 4 members (excludes halogenated alkanes) is 3. The van der Waals surface area contributed by atoms with Crippen molar-refractivity contribution in [2.45, 2.75) is 111 Å². The van der Waals surface area contributed by atoms with Crippen molar-refractivity contribution < 1.29 is 5.11 Å². The van der Waals surface area contributed by atoms with E-state index in [4.69, 9.17) is 0 Å². The van der Waals surface area contributed by atoms with Crippen molar-refractivity contribution >= 4 is 27.6 Å². The fraction of sp³-hybridized carbons (Fsp3) is 0.647. The van der Waals surface area contributed by atoms with Gasteiger partial charge in [-0.3, -0.25) is 0 Å². The van der Waals surface area contributed by atoms with Crippen LogP contribution >= 0.6 is 0 Å². The molecule has 0 saturated carbocycles. The number of aliphatic hydroxyl groups excluding tert-OH is 1. The summed E-state index contributed by atoms with van der Waals surface area (Å²) in [6.45, 7) is 15.7. The van der Waals surface area contributed by atoms with E-state index >= 15 is 0 Å². The van der Waals surface area contributed by atoms with E-state index in [0.29, 0.717) is 0 Å². The Balaban J connectivity index is 1.58. The maximum atomic E-state index is 11.4. The standard InChI is InChI=1S/C22H27N2O.3C4H9.Sn/c1-16-7-8-17(2)20(13-16)23-9-11-24(12-10-23)21-14-18-5-3-4-6-19(18)15-22(21)25;3*1-3-4-2;/h3-4,6-8,13,21-22,25H,9-12,14-15H2,1-2H3;3*1,3-4H2,2H3;. The molecule has 4 rings (SSSR count). The van der Waals surface area contributed by atoms with Gasteiger partial charge in [-0.1, -0.05) is 0 Å². The Morgan fingerprint density at radius 1 is 0.816 bits per heavy atom. The van der Waals surface area contributed by atoms with Crippen molar-refractivity contribution in [3.63, 3.8) is 0 Å². The predicted molar refractivity (Wildman–Crippen MR) is 168 cm³/mol. The van der Waals surface area contributed by atoms with Gasteiger partial charge in [0.2, 0.25) is 0 Å². The number of aliphatic hydroxyl groups is 1. The first-order chi connectivity index (χ1) is 18.4. The van der Waals surface area contributed by atoms with Crippen LogP contribution in [0.25, 0.3) is 0 Å². The van der Waals surface area contributed by atoms with Crippen molar-refractivity contribution in [3.05, 3.63) is 58.7 Å². The molecule has 0 amide bonds. The first-order valence-corrected chi connectivity index (χ1v) is 23.3. The Morgan fingerprint density at radius 3 is 2.05 bits per heavy atom. The molecule has 0 spiro atoms. The van der Waals surface area contributed by atoms with Gasteiger partial charge in [0.15, 0.2) is 0 Å². The summed E-state index contributed by atoms with van der Waals surface area (Å²) >= 11 is -2.55. The average Bonchev–Trinajstić information content (AvgIpc) is 2.93. The minimum atomic E-state index is -2.55. The van der Waals surface area contributed by atoms with Crippen LogP contribution in [0.2, 0.25) is 13.3 Å². The molecule has 1 saturated heterocycles. The molecule has 1 fully saturated rings. The van der Waals surface area contributed by atoms with Crippen LogP contribution < -0.4 is 8.48 Å². The van der Waals surface area contributed by atoms with Gasteiger partial charge in [-0.15, -0.1) is 0 Å². The zero-order valence-electron chi connectivity index (χ0n) is 25.1. The molecule has 2 aromatic rings. The van der Waals surface area contributed by atoms with Crippen LogP contribution in [-0.2, 0) is 12.8 Å². The summed E-state index contributed by atoms with van der Waals surface area (Å²) in [6.07, 6.45) is 9.80. The van der Waals surface area contributed by atoms with Gasteiger partial charge in [-0.05, 0) is 0 Å². The summed E-state index contributed by atoms with van der Waals surface area (Å²) in [5, 5.41) is 11.4. The van der Waals surface area contributed by atoms with E-state index < -0.39 is 18.4 Å². The number of anilines is 1. The monoisotopic (exact) mass is 626 g/mol. The van der Waals surface area contributed by atoms with Crippen LogP contribution in [0, 0.1) is 13.8 Å². The molecular formula is C34H54N2OSn. The van der Waals surface area contributed by atoms with Crippen molar-refractivity contribution in [1.82, 2.24) is 4.90 Å². The van der Waals surface area contributed by atoms with Gasteiger partial charge >= 0.3 is 239 Å². The van der Waals surface area contributed by atoms with Crippen LogP contribution in [0.4, 0.5) is 5.69 Å². The third kappa shape index (κ3) is 6.81. The minimum absolute atomic E-state index is 0.253. The summed E-state index contributed by atoms with van der Waals surface area (Å²) in [4.78, 5) is 5.20. The van der Waals surface area contributed by atoms with E-state index in [9.17, 15) is 5.11 Å². The second-order valence-electron chi connectivity index (χ2n) is 12.4. The van der Waals surface area contributed by atoms with Gasteiger partial charge in [0, 0.05) is 0 Å². The van der Waals surface area contributed by atoms with E-state index in [1.807, 2.05) is 3.58 Å². The fourth-order valence-electron chi connectivity index (χ4n) is 7.32. The number of nitrogens with zero attached hydrogens (tertiary/aromatic N) is 2. The fourth-order valence-corrected chi connectivity index (χ4v) is 24.5. The van der Waals surface area contributed by atoms with Crippen molar-refractivity contribution in [3.8, 4) is 0 Å². The molecular weight excluding hydrogens is 571 g/mol. The first-order valence-electron chi connectivity index (χ1n) is 15.8. The van der Waals surface area contributed by atoms with Crippen LogP contribution in [0.15, 0.2) is 36.4 Å². The predicted octanol–water partition coefficient (Wildman–Crippen LogP) is 7.01. The molecule has 0 radical (unpaired) electrons. The number of benzene rings is 2. The number of piperazine rings is 1. The van der Waals surface area contributed by atoms with E-state index in [1.165, 1.54) is 74.2 Å². The maximum absolute atomic E-state index is 11.4. The summed E-state index contributed by atoms with van der Waals surface area (Å²) < 4.78 is 6.40. The number of aryl methyl sites for hydroxylation is 2. The summed E-state index contributed by atoms with van der Waals surface area (Å²) in [5.74, 6) is 0. The van der Waals surface area contributed by atoms with E-state index in [2.05, 4.69) is 80.8 Å². The van der Waals surface area contributed by atoms with Crippen LogP contribution in [0.3, 0.4) is 0 Å². The molecule has 38 heavy (non-hydrogen) atoms. The molecule has 0 bridgehead atoms. The SMILES string of the molecule is CCC[CH2][Sn]([CH2]CCC)([CH2]CCC)[c]1cccc2c1CC(N1CCN(c3cc(C)ccc3C)CC1)C(O)C2. The van der Waals surface area contributed by atoms with Gasteiger partial charge in [0.05, 0.1) is 0 Å². The molecule has 3 nitrogen and oxygen atoms in total. The van der Waals surface area contributed by atoms with Gasteiger partial charge in [0.1, 0.15) is 0 Å². The second kappa shape index (κ2) is 14.0. The molecule has 0 aromatic heterocycles. The Kier molecular flexibility index (Phi) is 11.1. The number of rotatable bonds is 12. The topological polar surface area (TPSA) is 26.7 Å². The second-order valence-corrected chi connectivity index (χ2v) is 25.5. The molecule has 2 aliphatic rings. The zero-order chi connectivity index (χ0) is 27.1. The van der Waals surface area contributed by atoms with Crippen molar-refractivity contribution in [2.75, 3.05) is 31.1 Å². The molecule has 1 aliphatic carbocycles. The molecule has 210 valence electrons. The van der Waals surface area contributed by atoms with Gasteiger partial charge in [0.25, 0.3) is 0 Å². The third-order valence-electron chi connectivity index (χ3n) is 9.65. The zero-order valence-corrected chi connectivity index (χ0v) is 27.9. The normalized spacial score (nSPS) is 20.5. The molecule has 1 N–H and O–H groups in total. The average molecular weight is 626 g/mol.